The predicted octanol–water partition coefficient (Wildman–Crippen LogP) is 4.31. The molecule has 0 aliphatic rings. The van der Waals surface area contributed by atoms with Crippen LogP contribution in [0.1, 0.15) is 40.3 Å². The SMILES string of the molecule is Cc1cc(C(C)NC(=O)CCc2cccc(F)c2)c(C)s1. The van der Waals surface area contributed by atoms with Gasteiger partial charge in [0, 0.05) is 16.2 Å². The maximum Gasteiger partial charge on any atom is 0.220 e. The van der Waals surface area contributed by atoms with Gasteiger partial charge in [-0.15, -0.1) is 11.3 Å². The summed E-state index contributed by atoms with van der Waals surface area (Å²) in [6, 6.07) is 8.53. The normalized spacial score (nSPS) is 12.2. The molecule has 0 spiro atoms. The molecule has 1 aromatic heterocycles. The highest BCUT2D eigenvalue weighted by molar-refractivity contribution is 7.12. The summed E-state index contributed by atoms with van der Waals surface area (Å²) >= 11 is 1.74. The monoisotopic (exact) mass is 305 g/mol. The van der Waals surface area contributed by atoms with Crippen molar-refractivity contribution in [1.82, 2.24) is 5.32 Å². The Bertz CT molecular complexity index is 635. The quantitative estimate of drug-likeness (QED) is 0.876. The van der Waals surface area contributed by atoms with E-state index in [1.165, 1.54) is 27.5 Å². The molecule has 2 nitrogen and oxygen atoms in total. The first-order valence-electron chi connectivity index (χ1n) is 7.06. The summed E-state index contributed by atoms with van der Waals surface area (Å²) in [6.07, 6.45) is 0.925. The molecule has 0 radical (unpaired) electrons. The Labute approximate surface area is 129 Å². The van der Waals surface area contributed by atoms with Gasteiger partial charge in [0.2, 0.25) is 5.91 Å². The van der Waals surface area contributed by atoms with Crippen molar-refractivity contribution in [2.75, 3.05) is 0 Å². The van der Waals surface area contributed by atoms with Gasteiger partial charge in [-0.25, -0.2) is 4.39 Å². The molecule has 1 aromatic carbocycles. The van der Waals surface area contributed by atoms with Crippen LogP contribution in [0.4, 0.5) is 4.39 Å². The summed E-state index contributed by atoms with van der Waals surface area (Å²) < 4.78 is 13.1. The number of hydrogen-bond donors (Lipinski definition) is 1. The molecule has 0 bridgehead atoms. The van der Waals surface area contributed by atoms with Crippen LogP contribution in [0.5, 0.6) is 0 Å². The van der Waals surface area contributed by atoms with Crippen LogP contribution in [-0.4, -0.2) is 5.91 Å². The van der Waals surface area contributed by atoms with E-state index in [9.17, 15) is 9.18 Å². The Hall–Kier alpha value is -1.68. The summed E-state index contributed by atoms with van der Waals surface area (Å²) in [5.74, 6) is -0.263. The first-order valence-corrected chi connectivity index (χ1v) is 7.88. The van der Waals surface area contributed by atoms with Crippen LogP contribution in [0, 0.1) is 19.7 Å². The number of carbonyl (C=O) groups is 1. The second kappa shape index (κ2) is 6.85. The molecule has 4 heteroatoms. The number of amides is 1. The second-order valence-electron chi connectivity index (χ2n) is 5.29. The summed E-state index contributed by atoms with van der Waals surface area (Å²) in [7, 11) is 0. The van der Waals surface area contributed by atoms with Crippen LogP contribution in [0.3, 0.4) is 0 Å². The first-order chi connectivity index (χ1) is 9.95. The minimum atomic E-state index is -0.259. The minimum Gasteiger partial charge on any atom is -0.350 e. The number of thiophene rings is 1. The van der Waals surface area contributed by atoms with Gasteiger partial charge in [-0.2, -0.15) is 0 Å². The highest BCUT2D eigenvalue weighted by atomic mass is 32.1. The molecule has 1 heterocycles. The van der Waals surface area contributed by atoms with Crippen LogP contribution < -0.4 is 5.32 Å². The number of rotatable bonds is 5. The average Bonchev–Trinajstić information content (AvgIpc) is 2.75. The Balaban J connectivity index is 1.88. The molecule has 0 aliphatic heterocycles. The van der Waals surface area contributed by atoms with Crippen molar-refractivity contribution < 1.29 is 9.18 Å². The van der Waals surface area contributed by atoms with E-state index < -0.39 is 0 Å². The van der Waals surface area contributed by atoms with E-state index in [1.807, 2.05) is 13.0 Å². The van der Waals surface area contributed by atoms with Crippen molar-refractivity contribution in [2.45, 2.75) is 39.7 Å². The molecule has 0 saturated heterocycles. The second-order valence-corrected chi connectivity index (χ2v) is 6.75. The molecule has 1 unspecified atom stereocenters. The molecule has 1 atom stereocenters. The molecule has 1 N–H and O–H groups in total. The molecule has 0 aliphatic carbocycles. The van der Waals surface area contributed by atoms with Crippen molar-refractivity contribution in [1.29, 1.82) is 0 Å². The van der Waals surface area contributed by atoms with E-state index >= 15 is 0 Å². The van der Waals surface area contributed by atoms with E-state index in [2.05, 4.69) is 25.2 Å². The van der Waals surface area contributed by atoms with Crippen molar-refractivity contribution in [3.8, 4) is 0 Å². The standard InChI is InChI=1S/C17H20FNOS/c1-11-9-16(13(3)21-11)12(2)19-17(20)8-7-14-5-4-6-15(18)10-14/h4-6,9-10,12H,7-8H2,1-3H3,(H,19,20). The molecule has 0 fully saturated rings. The fourth-order valence-corrected chi connectivity index (χ4v) is 3.44. The smallest absolute Gasteiger partial charge is 0.220 e. The molecule has 0 saturated carbocycles. The number of halogens is 1. The molecular weight excluding hydrogens is 285 g/mol. The van der Waals surface area contributed by atoms with Gasteiger partial charge in [0.05, 0.1) is 6.04 Å². The number of hydrogen-bond acceptors (Lipinski definition) is 2. The van der Waals surface area contributed by atoms with Crippen LogP contribution in [-0.2, 0) is 11.2 Å². The van der Waals surface area contributed by atoms with Gasteiger partial charge >= 0.3 is 0 Å². The Morgan fingerprint density at radius 1 is 1.33 bits per heavy atom. The van der Waals surface area contributed by atoms with Crippen LogP contribution in [0.15, 0.2) is 30.3 Å². The van der Waals surface area contributed by atoms with E-state index in [-0.39, 0.29) is 17.8 Å². The largest absolute Gasteiger partial charge is 0.350 e. The molecular formula is C17H20FNOS. The lowest BCUT2D eigenvalue weighted by molar-refractivity contribution is -0.121. The fraction of sp³-hybridized carbons (Fsp3) is 0.353. The van der Waals surface area contributed by atoms with Crippen molar-refractivity contribution in [2.24, 2.45) is 0 Å². The lowest BCUT2D eigenvalue weighted by Gasteiger charge is -2.14. The molecule has 2 aromatic rings. The van der Waals surface area contributed by atoms with Gasteiger partial charge in [-0.1, -0.05) is 12.1 Å². The highest BCUT2D eigenvalue weighted by Crippen LogP contribution is 2.26. The van der Waals surface area contributed by atoms with Crippen molar-refractivity contribution >= 4 is 17.2 Å². The van der Waals surface area contributed by atoms with Crippen molar-refractivity contribution in [3.05, 3.63) is 57.0 Å². The predicted molar refractivity (Wildman–Crippen MR) is 85.1 cm³/mol. The third-order valence-corrected chi connectivity index (χ3v) is 4.43. The van der Waals surface area contributed by atoms with Gasteiger partial charge in [-0.05, 0) is 56.5 Å². The maximum atomic E-state index is 13.1. The Morgan fingerprint density at radius 3 is 2.71 bits per heavy atom. The van der Waals surface area contributed by atoms with Gasteiger partial charge < -0.3 is 5.32 Å². The number of aryl methyl sites for hydroxylation is 3. The zero-order chi connectivity index (χ0) is 15.4. The van der Waals surface area contributed by atoms with Gasteiger partial charge in [0.1, 0.15) is 5.82 Å². The van der Waals surface area contributed by atoms with Crippen LogP contribution in [0.2, 0.25) is 0 Å². The molecule has 112 valence electrons. The maximum absolute atomic E-state index is 13.1. The Kier molecular flexibility index (Phi) is 5.12. The molecule has 21 heavy (non-hydrogen) atoms. The zero-order valence-electron chi connectivity index (χ0n) is 12.6. The summed E-state index contributed by atoms with van der Waals surface area (Å²) in [6.45, 7) is 6.14. The first kappa shape index (κ1) is 15.7. The highest BCUT2D eigenvalue weighted by Gasteiger charge is 2.13. The van der Waals surface area contributed by atoms with E-state index in [0.717, 1.165) is 5.56 Å². The van der Waals surface area contributed by atoms with E-state index in [0.29, 0.717) is 12.8 Å². The number of nitrogens with one attached hydrogen (secondary N) is 1. The minimum absolute atomic E-state index is 0.00462. The van der Waals surface area contributed by atoms with Crippen LogP contribution >= 0.6 is 11.3 Å². The fourth-order valence-electron chi connectivity index (χ4n) is 2.42. The van der Waals surface area contributed by atoms with E-state index in [1.54, 1.807) is 17.4 Å². The lowest BCUT2D eigenvalue weighted by atomic mass is 10.1. The topological polar surface area (TPSA) is 29.1 Å². The van der Waals surface area contributed by atoms with Crippen LogP contribution in [0.25, 0.3) is 0 Å². The number of benzene rings is 1. The van der Waals surface area contributed by atoms with Gasteiger partial charge in [0.25, 0.3) is 0 Å². The molecule has 2 rings (SSSR count). The lowest BCUT2D eigenvalue weighted by Crippen LogP contribution is -2.26. The van der Waals surface area contributed by atoms with Crippen molar-refractivity contribution in [3.63, 3.8) is 0 Å². The third kappa shape index (κ3) is 4.39. The zero-order valence-corrected chi connectivity index (χ0v) is 13.4. The summed E-state index contributed by atoms with van der Waals surface area (Å²) in [5, 5.41) is 3.01. The summed E-state index contributed by atoms with van der Waals surface area (Å²) in [4.78, 5) is 14.5. The average molecular weight is 305 g/mol. The van der Waals surface area contributed by atoms with Gasteiger partial charge in [-0.3, -0.25) is 4.79 Å². The summed E-state index contributed by atoms with van der Waals surface area (Å²) in [5.41, 5.74) is 2.02. The number of carbonyl (C=O) groups excluding carboxylic acids is 1. The third-order valence-electron chi connectivity index (χ3n) is 3.45. The van der Waals surface area contributed by atoms with Gasteiger partial charge in [0.15, 0.2) is 0 Å². The Morgan fingerprint density at radius 2 is 2.10 bits per heavy atom. The molecule has 1 amide bonds. The van der Waals surface area contributed by atoms with E-state index in [4.69, 9.17) is 0 Å².